The summed E-state index contributed by atoms with van der Waals surface area (Å²) in [6, 6.07) is 0. The first-order valence-corrected chi connectivity index (χ1v) is 15.9. The Morgan fingerprint density at radius 1 is 0.795 bits per heavy atom. The third-order valence-corrected chi connectivity index (χ3v) is 7.29. The lowest BCUT2D eigenvalue weighted by Gasteiger charge is -2.51. The van der Waals surface area contributed by atoms with Crippen molar-refractivity contribution in [2.75, 3.05) is 40.1 Å². The van der Waals surface area contributed by atoms with Gasteiger partial charge in [0.05, 0.1) is 50.8 Å². The number of ether oxygens (including phenoxy) is 8. The monoisotopic (exact) mass is 604 g/mol. The normalized spacial score (nSPS) is 18.2. The van der Waals surface area contributed by atoms with Crippen LogP contribution in [-0.2, 0) is 37.9 Å². The summed E-state index contributed by atoms with van der Waals surface area (Å²) in [5.41, 5.74) is -0.966. The maximum absolute atomic E-state index is 15.6. The molecule has 11 heteroatoms. The maximum Gasteiger partial charge on any atom is 0.343 e. The van der Waals surface area contributed by atoms with Crippen molar-refractivity contribution in [2.45, 2.75) is 135 Å². The van der Waals surface area contributed by atoms with Gasteiger partial charge in [0, 0.05) is 18.9 Å². The van der Waals surface area contributed by atoms with Gasteiger partial charge in [-0.3, -0.25) is 0 Å². The Bertz CT molecular complexity index is 630. The van der Waals surface area contributed by atoms with Gasteiger partial charge in [-0.1, -0.05) is 41.0 Å². The molecule has 0 fully saturated rings. The molecule has 0 aliphatic rings. The lowest BCUT2D eigenvalue weighted by atomic mass is 10.1. The van der Waals surface area contributed by atoms with Gasteiger partial charge in [0.1, 0.15) is 12.1 Å². The summed E-state index contributed by atoms with van der Waals surface area (Å²) >= 11 is 0.845. The Labute approximate surface area is 246 Å². The first-order chi connectivity index (χ1) is 18.3. The number of thioether (sulfide) groups is 1. The Morgan fingerprint density at radius 3 is 1.92 bits per heavy atom. The minimum atomic E-state index is -2.07. The molecule has 0 N–H and O–H groups in total. The largest absolute Gasteiger partial charge is 0.382 e. The molecule has 0 heterocycles. The summed E-state index contributed by atoms with van der Waals surface area (Å²) < 4.78 is 65.9. The Balaban J connectivity index is 7.46. The lowest BCUT2D eigenvalue weighted by Crippen LogP contribution is -2.63. The van der Waals surface area contributed by atoms with Crippen LogP contribution in [0.5, 0.6) is 0 Å². The number of methoxy groups -OCH3 is 1. The summed E-state index contributed by atoms with van der Waals surface area (Å²) in [5, 5.41) is -5.75. The number of hydrogen-bond donors (Lipinski definition) is 0. The highest BCUT2D eigenvalue weighted by molar-refractivity contribution is 8.03. The van der Waals surface area contributed by atoms with Crippen molar-refractivity contribution in [1.82, 2.24) is 0 Å². The van der Waals surface area contributed by atoms with Crippen molar-refractivity contribution in [3.05, 3.63) is 0 Å². The van der Waals surface area contributed by atoms with Crippen molar-refractivity contribution in [1.29, 1.82) is 0 Å². The van der Waals surface area contributed by atoms with Crippen molar-refractivity contribution in [3.8, 4) is 0 Å². The average Bonchev–Trinajstić information content (AvgIpc) is 2.84. The summed E-state index contributed by atoms with van der Waals surface area (Å²) in [6.07, 6.45) is 2.16. The Hall–Kier alpha value is 0.310. The SMILES string of the molecule is CCCCOC(OCC(C)C)(SF)C(OC(C)CC)(OC(C)(C)COC)SC(OCC)(OCCC)OC(C)C. The van der Waals surface area contributed by atoms with Gasteiger partial charge in [-0.15, -0.1) is 0 Å². The molecular formula is C28H57FO8S2. The minimum absolute atomic E-state index is 0.0736. The molecule has 8 nitrogen and oxygen atoms in total. The van der Waals surface area contributed by atoms with E-state index in [1.807, 2.05) is 76.2 Å². The Kier molecular flexibility index (Phi) is 19.6. The van der Waals surface area contributed by atoms with Crippen LogP contribution in [0.25, 0.3) is 0 Å². The third-order valence-electron chi connectivity index (χ3n) is 5.15. The van der Waals surface area contributed by atoms with Gasteiger partial charge >= 0.3 is 10.4 Å². The molecule has 0 aliphatic heterocycles. The van der Waals surface area contributed by atoms with E-state index in [9.17, 15) is 0 Å². The molecule has 0 aromatic heterocycles. The molecule has 4 atom stereocenters. The van der Waals surface area contributed by atoms with Gasteiger partial charge in [0.25, 0.3) is 5.12 Å². The smallest absolute Gasteiger partial charge is 0.343 e. The summed E-state index contributed by atoms with van der Waals surface area (Å²) in [6.45, 7) is 22.3. The van der Waals surface area contributed by atoms with Gasteiger partial charge in [0.2, 0.25) is 0 Å². The van der Waals surface area contributed by atoms with Crippen molar-refractivity contribution in [2.24, 2.45) is 5.92 Å². The maximum atomic E-state index is 15.6. The van der Waals surface area contributed by atoms with Crippen LogP contribution in [0.3, 0.4) is 0 Å². The highest BCUT2D eigenvalue weighted by Crippen LogP contribution is 2.56. The zero-order chi connectivity index (χ0) is 30.2. The fourth-order valence-electron chi connectivity index (χ4n) is 3.34. The molecule has 0 aromatic rings. The van der Waals surface area contributed by atoms with E-state index in [2.05, 4.69) is 0 Å². The minimum Gasteiger partial charge on any atom is -0.382 e. The van der Waals surface area contributed by atoms with E-state index in [-0.39, 0.29) is 56.7 Å². The van der Waals surface area contributed by atoms with E-state index < -0.39 is 21.1 Å². The van der Waals surface area contributed by atoms with E-state index in [1.165, 1.54) is 0 Å². The highest BCUT2D eigenvalue weighted by Gasteiger charge is 2.67. The predicted molar refractivity (Wildman–Crippen MR) is 158 cm³/mol. The quantitative estimate of drug-likeness (QED) is 0.0758. The first kappa shape index (κ1) is 39.3. The van der Waals surface area contributed by atoms with Crippen LogP contribution in [0, 0.1) is 5.92 Å². The van der Waals surface area contributed by atoms with Gasteiger partial charge < -0.3 is 37.9 Å². The molecule has 4 unspecified atom stereocenters. The second-order valence-electron chi connectivity index (χ2n) is 10.8. The zero-order valence-electron chi connectivity index (χ0n) is 26.6. The molecule has 0 aliphatic carbocycles. The molecule has 0 bridgehead atoms. The van der Waals surface area contributed by atoms with Gasteiger partial charge in [-0.25, -0.2) is 0 Å². The first-order valence-electron chi connectivity index (χ1n) is 14.4. The van der Waals surface area contributed by atoms with Crippen LogP contribution < -0.4 is 0 Å². The fourth-order valence-corrected chi connectivity index (χ4v) is 5.60. The number of rotatable bonds is 25. The van der Waals surface area contributed by atoms with Crippen LogP contribution in [0.1, 0.15) is 102 Å². The van der Waals surface area contributed by atoms with Crippen molar-refractivity contribution < 1.29 is 41.8 Å². The standard InChI is InChI=1S/C28H57FO8S2/c1-13-17-19-32-26(39-29,34-20-22(5)6)27(36-24(9)15-3,37-25(10,11)21-30-12)38-28(31-16-4,33-18-14-2)35-23(7)8/h22-24H,13-21H2,1-12H3. The van der Waals surface area contributed by atoms with Crippen LogP contribution in [-0.4, -0.2) is 73.5 Å². The molecule has 0 saturated heterocycles. The van der Waals surface area contributed by atoms with Crippen LogP contribution in [0.2, 0.25) is 0 Å². The average molecular weight is 605 g/mol. The van der Waals surface area contributed by atoms with E-state index in [0.717, 1.165) is 18.2 Å². The summed E-state index contributed by atoms with van der Waals surface area (Å²) in [4.78, 5) is 0. The summed E-state index contributed by atoms with van der Waals surface area (Å²) in [7, 11) is 1.58. The third kappa shape index (κ3) is 13.4. The van der Waals surface area contributed by atoms with Crippen LogP contribution in [0.4, 0.5) is 3.89 Å². The fraction of sp³-hybridized carbons (Fsp3) is 1.00. The molecule has 0 aromatic carbocycles. The molecule has 0 saturated carbocycles. The highest BCUT2D eigenvalue weighted by atomic mass is 32.2. The molecule has 0 spiro atoms. The number of hydrogen-bond acceptors (Lipinski definition) is 10. The molecule has 0 radical (unpaired) electrons. The van der Waals surface area contributed by atoms with Crippen molar-refractivity contribution >= 4 is 23.9 Å². The molecule has 236 valence electrons. The number of halogens is 1. The van der Waals surface area contributed by atoms with Crippen LogP contribution >= 0.6 is 23.9 Å². The van der Waals surface area contributed by atoms with E-state index in [0.29, 0.717) is 25.9 Å². The van der Waals surface area contributed by atoms with Gasteiger partial charge in [-0.05, 0) is 66.7 Å². The van der Waals surface area contributed by atoms with Gasteiger partial charge in [-0.2, -0.15) is 3.89 Å². The second kappa shape index (κ2) is 19.5. The summed E-state index contributed by atoms with van der Waals surface area (Å²) in [5.74, 6) is 0.0736. The van der Waals surface area contributed by atoms with Crippen LogP contribution in [0.15, 0.2) is 0 Å². The second-order valence-corrected chi connectivity index (χ2v) is 12.7. The number of unbranched alkanes of at least 4 members (excludes halogenated alkanes) is 1. The van der Waals surface area contributed by atoms with Gasteiger partial charge in [0.15, 0.2) is 0 Å². The van der Waals surface area contributed by atoms with E-state index in [4.69, 9.17) is 37.9 Å². The Morgan fingerprint density at radius 2 is 1.46 bits per heavy atom. The predicted octanol–water partition coefficient (Wildman–Crippen LogP) is 7.89. The topological polar surface area (TPSA) is 73.8 Å². The molecular weight excluding hydrogens is 547 g/mol. The lowest BCUT2D eigenvalue weighted by molar-refractivity contribution is -0.373. The van der Waals surface area contributed by atoms with E-state index in [1.54, 1.807) is 7.11 Å². The molecule has 0 amide bonds. The van der Waals surface area contributed by atoms with E-state index >= 15 is 3.89 Å². The zero-order valence-corrected chi connectivity index (χ0v) is 28.2. The van der Waals surface area contributed by atoms with Crippen molar-refractivity contribution in [3.63, 3.8) is 0 Å². The molecule has 39 heavy (non-hydrogen) atoms. The molecule has 0 rings (SSSR count).